The molecule has 1 heterocycles. The lowest BCUT2D eigenvalue weighted by atomic mass is 10.1. The molecule has 54 heavy (non-hydrogen) atoms. The third-order valence-electron chi connectivity index (χ3n) is 6.73. The number of aromatic nitrogens is 3. The van der Waals surface area contributed by atoms with Crippen molar-refractivity contribution >= 4 is 108 Å². The van der Waals surface area contributed by atoms with Crippen LogP contribution in [0.2, 0.25) is 5.28 Å². The van der Waals surface area contributed by atoms with Crippen molar-refractivity contribution in [2.45, 2.75) is 24.5 Å². The smallest absolute Gasteiger partial charge is 0.296 e. The Labute approximate surface area is 308 Å². The molecule has 29 heteroatoms. The van der Waals surface area contributed by atoms with Crippen LogP contribution in [0.5, 0.6) is 5.75 Å². The average molecular weight is 868 g/mol. The molecule has 0 amide bonds. The summed E-state index contributed by atoms with van der Waals surface area (Å²) in [7, 11) is -25.4. The van der Waals surface area contributed by atoms with E-state index in [-0.39, 0.29) is 0 Å². The van der Waals surface area contributed by atoms with Crippen LogP contribution in [-0.4, -0.2) is 84.9 Å². The highest BCUT2D eigenvalue weighted by Crippen LogP contribution is 2.46. The number of phenols is 1. The van der Waals surface area contributed by atoms with Crippen molar-refractivity contribution in [1.29, 1.82) is 0 Å². The van der Waals surface area contributed by atoms with Gasteiger partial charge in [-0.1, -0.05) is 12.1 Å². The molecule has 1 aromatic heterocycles. The highest BCUT2D eigenvalue weighted by molar-refractivity contribution is 7.87. The fourth-order valence-electron chi connectivity index (χ4n) is 4.56. The predicted octanol–water partition coefficient (Wildman–Crippen LogP) is 3.52. The van der Waals surface area contributed by atoms with E-state index in [4.69, 9.17) is 11.6 Å². The molecule has 0 saturated heterocycles. The number of phenolic OH excluding ortho intramolecular Hbond substituents is 1. The molecular weight excluding hydrogens is 850 g/mol. The van der Waals surface area contributed by atoms with Crippen molar-refractivity contribution < 1.29 is 70.0 Å². The van der Waals surface area contributed by atoms with Crippen LogP contribution < -0.4 is 10.6 Å². The van der Waals surface area contributed by atoms with Crippen molar-refractivity contribution in [2.75, 3.05) is 10.6 Å². The minimum atomic E-state index is -5.36. The first-order valence-corrected chi connectivity index (χ1v) is 21.1. The van der Waals surface area contributed by atoms with Crippen molar-refractivity contribution in [3.63, 3.8) is 0 Å². The Morgan fingerprint density at radius 2 is 1.09 bits per heavy atom. The fourth-order valence-corrected chi connectivity index (χ4v) is 7.68. The molecule has 0 fully saturated rings. The number of halogens is 1. The molecule has 23 nitrogen and oxygen atoms in total. The molecule has 0 atom stereocenters. The molecule has 0 saturated carbocycles. The molecule has 0 aliphatic carbocycles. The lowest BCUT2D eigenvalue weighted by molar-refractivity contribution is 0.472. The first-order valence-electron chi connectivity index (χ1n) is 13.5. The van der Waals surface area contributed by atoms with Gasteiger partial charge >= 0.3 is 0 Å². The summed E-state index contributed by atoms with van der Waals surface area (Å²) in [4.78, 5) is 6.58. The first-order chi connectivity index (χ1) is 24.7. The number of benzene rings is 4. The van der Waals surface area contributed by atoms with Crippen LogP contribution in [0.1, 0.15) is 0 Å². The summed E-state index contributed by atoms with van der Waals surface area (Å²) < 4.78 is 169. The zero-order valence-electron chi connectivity index (χ0n) is 25.7. The molecule has 5 aromatic rings. The number of hydrogen-bond acceptors (Lipinski definition) is 18. The van der Waals surface area contributed by atoms with Crippen LogP contribution >= 0.6 is 11.6 Å². The average Bonchev–Trinajstić information content (AvgIpc) is 3.01. The van der Waals surface area contributed by atoms with Gasteiger partial charge in [0.1, 0.15) is 26.1 Å². The van der Waals surface area contributed by atoms with Crippen molar-refractivity contribution in [1.82, 2.24) is 15.0 Å². The lowest BCUT2D eigenvalue weighted by Crippen LogP contribution is -2.09. The Balaban J connectivity index is 1.73. The van der Waals surface area contributed by atoms with Gasteiger partial charge in [-0.15, -0.1) is 10.2 Å². The van der Waals surface area contributed by atoms with Crippen LogP contribution in [0.4, 0.5) is 34.6 Å². The third kappa shape index (κ3) is 8.85. The molecular formula is C25H18ClN7O16S5. The largest absolute Gasteiger partial charge is 0.505 e. The van der Waals surface area contributed by atoms with Gasteiger partial charge in [0.15, 0.2) is 5.75 Å². The summed E-state index contributed by atoms with van der Waals surface area (Å²) >= 11 is 6.00. The zero-order chi connectivity index (χ0) is 40.2. The van der Waals surface area contributed by atoms with E-state index in [1.54, 1.807) is 0 Å². The van der Waals surface area contributed by atoms with E-state index in [1.165, 1.54) is 12.1 Å². The van der Waals surface area contributed by atoms with Gasteiger partial charge in [-0.05, 0) is 65.5 Å². The number of hydrogen-bond donors (Lipinski definition) is 8. The van der Waals surface area contributed by atoms with E-state index in [9.17, 15) is 70.0 Å². The van der Waals surface area contributed by atoms with Crippen molar-refractivity contribution in [3.05, 3.63) is 65.9 Å². The summed E-state index contributed by atoms with van der Waals surface area (Å²) in [5.41, 5.74) is -2.94. The molecule has 0 aliphatic rings. The van der Waals surface area contributed by atoms with E-state index in [0.717, 1.165) is 12.1 Å². The predicted molar refractivity (Wildman–Crippen MR) is 183 cm³/mol. The second-order valence-corrected chi connectivity index (χ2v) is 17.7. The van der Waals surface area contributed by atoms with Gasteiger partial charge in [0, 0.05) is 5.39 Å². The fraction of sp³-hybridized carbons (Fsp3) is 0. The number of aromatic hydroxyl groups is 1. The van der Waals surface area contributed by atoms with E-state index in [2.05, 4.69) is 35.8 Å². The Bertz CT molecular complexity index is 3000. The molecule has 0 spiro atoms. The Morgan fingerprint density at radius 1 is 0.556 bits per heavy atom. The van der Waals surface area contributed by atoms with Gasteiger partial charge in [-0.3, -0.25) is 22.8 Å². The Kier molecular flexibility index (Phi) is 10.4. The number of azo groups is 1. The summed E-state index contributed by atoms with van der Waals surface area (Å²) in [5.74, 6) is -2.57. The van der Waals surface area contributed by atoms with Crippen LogP contribution in [0, 0.1) is 0 Å². The number of fused-ring (bicyclic) bond motifs is 1. The molecule has 8 N–H and O–H groups in total. The Hall–Kier alpha value is -5.01. The Morgan fingerprint density at radius 3 is 1.65 bits per heavy atom. The van der Waals surface area contributed by atoms with Gasteiger partial charge in [0.05, 0.1) is 21.2 Å². The maximum atomic E-state index is 12.4. The molecule has 0 bridgehead atoms. The van der Waals surface area contributed by atoms with Gasteiger partial charge in [-0.2, -0.15) is 57.0 Å². The van der Waals surface area contributed by atoms with Crippen molar-refractivity contribution in [2.24, 2.45) is 10.2 Å². The number of nitrogens with zero attached hydrogens (tertiary/aromatic N) is 5. The topological polar surface area (TPSA) is 380 Å². The third-order valence-corrected chi connectivity index (χ3v) is 11.3. The SMILES string of the molecule is O=S(=O)(O)c1ccc(S(=O)(=O)O)c(Nc2nc(Cl)nc(Nc3cc(S(=O)(=O)O)cc4cc(S(=O)(=O)O)c(N=Nc5ccccc5S(=O)(=O)O)c(O)c34)n2)c1. The van der Waals surface area contributed by atoms with Crippen LogP contribution in [0.15, 0.2) is 95.4 Å². The number of nitrogens with one attached hydrogen (secondary N) is 2. The maximum Gasteiger partial charge on any atom is 0.296 e. The second kappa shape index (κ2) is 14.0. The van der Waals surface area contributed by atoms with Gasteiger partial charge in [0.2, 0.25) is 17.2 Å². The molecule has 0 unspecified atom stereocenters. The number of rotatable bonds is 11. The number of anilines is 4. The van der Waals surface area contributed by atoms with E-state index < -0.39 is 132 Å². The van der Waals surface area contributed by atoms with Gasteiger partial charge in [0.25, 0.3) is 50.6 Å². The van der Waals surface area contributed by atoms with E-state index >= 15 is 0 Å². The highest BCUT2D eigenvalue weighted by atomic mass is 35.5. The second-order valence-electron chi connectivity index (χ2n) is 10.3. The summed E-state index contributed by atoms with van der Waals surface area (Å²) in [6.07, 6.45) is 0. The minimum Gasteiger partial charge on any atom is -0.505 e. The monoisotopic (exact) mass is 867 g/mol. The normalized spacial score (nSPS) is 13.0. The first kappa shape index (κ1) is 40.2. The highest BCUT2D eigenvalue weighted by Gasteiger charge is 2.27. The van der Waals surface area contributed by atoms with Crippen molar-refractivity contribution in [3.8, 4) is 5.75 Å². The minimum absolute atomic E-state index is 0.534. The molecule has 4 aromatic carbocycles. The summed E-state index contributed by atoms with van der Waals surface area (Å²) in [5, 5.41) is 21.4. The molecule has 0 aliphatic heterocycles. The zero-order valence-corrected chi connectivity index (χ0v) is 30.5. The standard InChI is InChI=1S/C25H18ClN7O16S5/c26-23-29-24(27-15-9-12(50(35,36)37)5-6-18(15)53(44,45)46)31-25(30-23)28-16-10-13(51(38,39)40)7-11-8-19(54(47,48)49)21(22(34)20(11)16)33-32-14-3-1-2-4-17(14)52(41,42)43/h1-10,34H,(H,35,36,37)(H,38,39,40)(H,41,42,43)(H,44,45,46)(H,47,48,49)(H2,27,28,29,30,31). The molecule has 5 rings (SSSR count). The van der Waals surface area contributed by atoms with Gasteiger partial charge in [-0.25, -0.2) is 0 Å². The van der Waals surface area contributed by atoms with Crippen LogP contribution in [-0.2, 0) is 50.6 Å². The van der Waals surface area contributed by atoms with Crippen LogP contribution in [0.25, 0.3) is 10.8 Å². The maximum absolute atomic E-state index is 12.4. The summed E-state index contributed by atoms with van der Waals surface area (Å²) in [6.45, 7) is 0. The van der Waals surface area contributed by atoms with E-state index in [0.29, 0.717) is 36.4 Å². The quantitative estimate of drug-likeness (QED) is 0.0695. The van der Waals surface area contributed by atoms with E-state index in [1.807, 2.05) is 0 Å². The van der Waals surface area contributed by atoms with Gasteiger partial charge < -0.3 is 15.7 Å². The van der Waals surface area contributed by atoms with Crippen LogP contribution in [0.3, 0.4) is 0 Å². The summed E-state index contributed by atoms with van der Waals surface area (Å²) in [6, 6.07) is 8.11. The lowest BCUT2D eigenvalue weighted by Gasteiger charge is -2.15. The molecule has 286 valence electrons. The molecule has 0 radical (unpaired) electrons.